The van der Waals surface area contributed by atoms with Crippen molar-refractivity contribution >= 4 is 5.91 Å². The molecule has 1 aliphatic heterocycles. The zero-order valence-electron chi connectivity index (χ0n) is 8.98. The van der Waals surface area contributed by atoms with Crippen molar-refractivity contribution in [1.82, 2.24) is 9.80 Å². The number of amides is 1. The number of nitrogens with zero attached hydrogens (tertiary/aromatic N) is 3. The van der Waals surface area contributed by atoms with Gasteiger partial charge in [-0.2, -0.15) is 5.26 Å². The first-order chi connectivity index (χ1) is 7.22. The van der Waals surface area contributed by atoms with Crippen molar-refractivity contribution in [2.75, 3.05) is 39.3 Å². The van der Waals surface area contributed by atoms with Crippen LogP contribution in [-0.2, 0) is 4.79 Å². The van der Waals surface area contributed by atoms with Crippen LogP contribution in [0.1, 0.15) is 12.8 Å². The Bertz CT molecular complexity index is 240. The van der Waals surface area contributed by atoms with E-state index < -0.39 is 0 Å². The summed E-state index contributed by atoms with van der Waals surface area (Å²) in [6.07, 6.45) is 1.04. The maximum Gasteiger partial charge on any atom is 0.218 e. The summed E-state index contributed by atoms with van der Waals surface area (Å²) < 4.78 is 0. The van der Waals surface area contributed by atoms with E-state index in [1.165, 1.54) is 0 Å². The van der Waals surface area contributed by atoms with Crippen molar-refractivity contribution in [2.24, 2.45) is 5.73 Å². The van der Waals surface area contributed by atoms with Gasteiger partial charge in [-0.05, 0) is 0 Å². The molecule has 1 heterocycles. The van der Waals surface area contributed by atoms with E-state index in [-0.39, 0.29) is 5.91 Å². The molecule has 0 bridgehead atoms. The van der Waals surface area contributed by atoms with Gasteiger partial charge in [-0.3, -0.25) is 9.69 Å². The summed E-state index contributed by atoms with van der Waals surface area (Å²) in [7, 11) is 0. The minimum Gasteiger partial charge on any atom is -0.370 e. The van der Waals surface area contributed by atoms with E-state index >= 15 is 0 Å². The number of piperazine rings is 1. The van der Waals surface area contributed by atoms with Gasteiger partial charge >= 0.3 is 0 Å². The fourth-order valence-electron chi connectivity index (χ4n) is 1.71. The Kier molecular flexibility index (Phi) is 5.08. The Morgan fingerprint density at radius 3 is 2.20 bits per heavy atom. The minimum atomic E-state index is -0.234. The zero-order chi connectivity index (χ0) is 11.1. The highest BCUT2D eigenvalue weighted by molar-refractivity contribution is 5.73. The maximum atomic E-state index is 10.6. The molecule has 0 saturated carbocycles. The Balaban J connectivity index is 2.13. The predicted molar refractivity (Wildman–Crippen MR) is 56.9 cm³/mol. The number of hydrogen-bond acceptors (Lipinski definition) is 4. The number of carbonyl (C=O) groups is 1. The normalized spacial score (nSPS) is 18.6. The number of primary amides is 1. The van der Waals surface area contributed by atoms with Crippen molar-refractivity contribution in [3.05, 3.63) is 0 Å². The third-order valence-corrected chi connectivity index (χ3v) is 2.68. The van der Waals surface area contributed by atoms with Gasteiger partial charge < -0.3 is 10.6 Å². The molecule has 1 amide bonds. The maximum absolute atomic E-state index is 10.6. The van der Waals surface area contributed by atoms with Gasteiger partial charge in [-0.15, -0.1) is 0 Å². The molecule has 84 valence electrons. The Hall–Kier alpha value is -1.12. The van der Waals surface area contributed by atoms with Crippen molar-refractivity contribution in [3.63, 3.8) is 0 Å². The summed E-state index contributed by atoms with van der Waals surface area (Å²) in [5, 5.41) is 8.46. The van der Waals surface area contributed by atoms with Crippen molar-refractivity contribution in [2.45, 2.75) is 12.8 Å². The Labute approximate surface area is 90.4 Å². The number of nitriles is 1. The van der Waals surface area contributed by atoms with E-state index in [0.717, 1.165) is 39.3 Å². The quantitative estimate of drug-likeness (QED) is 0.657. The zero-order valence-corrected chi connectivity index (χ0v) is 8.98. The van der Waals surface area contributed by atoms with Gasteiger partial charge in [0.15, 0.2) is 0 Å². The second kappa shape index (κ2) is 6.38. The lowest BCUT2D eigenvalue weighted by atomic mass is 10.2. The van der Waals surface area contributed by atoms with Crippen LogP contribution < -0.4 is 5.73 Å². The molecule has 1 fully saturated rings. The molecular weight excluding hydrogens is 192 g/mol. The number of hydrogen-bond donors (Lipinski definition) is 1. The second-order valence-corrected chi connectivity index (χ2v) is 3.81. The molecule has 5 heteroatoms. The van der Waals surface area contributed by atoms with E-state index in [1.807, 2.05) is 0 Å². The highest BCUT2D eigenvalue weighted by atomic mass is 16.1. The highest BCUT2D eigenvalue weighted by Crippen LogP contribution is 2.02. The van der Waals surface area contributed by atoms with E-state index in [9.17, 15) is 4.79 Å². The van der Waals surface area contributed by atoms with E-state index in [2.05, 4.69) is 15.9 Å². The lowest BCUT2D eigenvalue weighted by Crippen LogP contribution is -2.47. The monoisotopic (exact) mass is 210 g/mol. The fraction of sp³-hybridized carbons (Fsp3) is 0.800. The molecule has 5 nitrogen and oxygen atoms in total. The van der Waals surface area contributed by atoms with Gasteiger partial charge in [0.2, 0.25) is 5.91 Å². The Morgan fingerprint density at radius 2 is 1.73 bits per heavy atom. The SMILES string of the molecule is N#CCCN1CCN(CCC(N)=O)CC1. The fourth-order valence-corrected chi connectivity index (χ4v) is 1.71. The number of rotatable bonds is 5. The summed E-state index contributed by atoms with van der Waals surface area (Å²) in [6, 6.07) is 2.15. The lowest BCUT2D eigenvalue weighted by Gasteiger charge is -2.34. The molecule has 2 N–H and O–H groups in total. The summed E-state index contributed by atoms with van der Waals surface area (Å²) in [6.45, 7) is 5.54. The molecular formula is C10H18N4O. The van der Waals surface area contributed by atoms with Gasteiger partial charge in [-0.1, -0.05) is 0 Å². The molecule has 0 spiro atoms. The molecule has 1 aliphatic rings. The lowest BCUT2D eigenvalue weighted by molar-refractivity contribution is -0.118. The first-order valence-corrected chi connectivity index (χ1v) is 5.32. The molecule has 0 aromatic heterocycles. The van der Waals surface area contributed by atoms with Gasteiger partial charge in [0.1, 0.15) is 0 Å². The third kappa shape index (κ3) is 4.77. The van der Waals surface area contributed by atoms with Crippen molar-refractivity contribution in [3.8, 4) is 6.07 Å². The van der Waals surface area contributed by atoms with Crippen LogP contribution in [0.5, 0.6) is 0 Å². The molecule has 15 heavy (non-hydrogen) atoms. The van der Waals surface area contributed by atoms with Gasteiger partial charge in [0.05, 0.1) is 6.07 Å². The van der Waals surface area contributed by atoms with Crippen LogP contribution in [0.15, 0.2) is 0 Å². The van der Waals surface area contributed by atoms with E-state index in [0.29, 0.717) is 12.8 Å². The molecule has 0 radical (unpaired) electrons. The third-order valence-electron chi connectivity index (χ3n) is 2.68. The van der Waals surface area contributed by atoms with E-state index in [1.54, 1.807) is 0 Å². The topological polar surface area (TPSA) is 73.4 Å². The molecule has 0 aromatic carbocycles. The summed E-state index contributed by atoms with van der Waals surface area (Å²) in [5.74, 6) is -0.234. The average molecular weight is 210 g/mol. The Morgan fingerprint density at radius 1 is 1.20 bits per heavy atom. The van der Waals surface area contributed by atoms with Crippen LogP contribution in [0.2, 0.25) is 0 Å². The van der Waals surface area contributed by atoms with Crippen LogP contribution in [0, 0.1) is 11.3 Å². The van der Waals surface area contributed by atoms with Crippen molar-refractivity contribution in [1.29, 1.82) is 5.26 Å². The first-order valence-electron chi connectivity index (χ1n) is 5.32. The van der Waals surface area contributed by atoms with Gasteiger partial charge in [0, 0.05) is 52.1 Å². The van der Waals surface area contributed by atoms with Crippen molar-refractivity contribution < 1.29 is 4.79 Å². The standard InChI is InChI=1S/C10H18N4O/c11-3-1-4-13-6-8-14(9-7-13)5-2-10(12)15/h1-2,4-9H2,(H2,12,15). The largest absolute Gasteiger partial charge is 0.370 e. The summed E-state index contributed by atoms with van der Waals surface area (Å²) >= 11 is 0. The van der Waals surface area contributed by atoms with Crippen LogP contribution in [0.4, 0.5) is 0 Å². The molecule has 1 rings (SSSR count). The molecule has 0 aromatic rings. The predicted octanol–water partition coefficient (Wildman–Crippen LogP) is -0.607. The molecule has 0 unspecified atom stereocenters. The minimum absolute atomic E-state index is 0.234. The first kappa shape index (κ1) is 12.0. The smallest absolute Gasteiger partial charge is 0.218 e. The highest BCUT2D eigenvalue weighted by Gasteiger charge is 2.16. The summed E-state index contributed by atoms with van der Waals surface area (Å²) in [4.78, 5) is 15.1. The van der Waals surface area contributed by atoms with Gasteiger partial charge in [-0.25, -0.2) is 0 Å². The van der Waals surface area contributed by atoms with Crippen LogP contribution >= 0.6 is 0 Å². The average Bonchev–Trinajstić information content (AvgIpc) is 2.25. The number of nitrogens with two attached hydrogens (primary N) is 1. The number of carbonyl (C=O) groups excluding carboxylic acids is 1. The molecule has 1 saturated heterocycles. The second-order valence-electron chi connectivity index (χ2n) is 3.81. The summed E-state index contributed by atoms with van der Waals surface area (Å²) in [5.41, 5.74) is 5.09. The van der Waals surface area contributed by atoms with Gasteiger partial charge in [0.25, 0.3) is 0 Å². The van der Waals surface area contributed by atoms with Crippen LogP contribution in [0.3, 0.4) is 0 Å². The van der Waals surface area contributed by atoms with Crippen LogP contribution in [-0.4, -0.2) is 55.0 Å². The molecule has 0 aliphatic carbocycles. The van der Waals surface area contributed by atoms with E-state index in [4.69, 9.17) is 11.0 Å². The van der Waals surface area contributed by atoms with Crippen LogP contribution in [0.25, 0.3) is 0 Å². The molecule has 0 atom stereocenters.